The maximum atomic E-state index is 11.9. The Hall–Kier alpha value is -2.10. The van der Waals surface area contributed by atoms with Gasteiger partial charge in [0.25, 0.3) is 0 Å². The maximum Gasteiger partial charge on any atom is 0.224 e. The quantitative estimate of drug-likeness (QED) is 0.831. The van der Waals surface area contributed by atoms with E-state index in [2.05, 4.69) is 24.1 Å². The summed E-state index contributed by atoms with van der Waals surface area (Å²) in [6.07, 6.45) is 5.15. The van der Waals surface area contributed by atoms with Crippen molar-refractivity contribution in [2.75, 3.05) is 11.9 Å². The molecular weight excluding hydrogens is 264 g/mol. The summed E-state index contributed by atoms with van der Waals surface area (Å²) < 4.78 is 5.72. The summed E-state index contributed by atoms with van der Waals surface area (Å²) in [6.45, 7) is 4.80. The van der Waals surface area contributed by atoms with Crippen LogP contribution in [0.1, 0.15) is 39.5 Å². The Labute approximate surface area is 125 Å². The molecule has 21 heavy (non-hydrogen) atoms. The Balaban J connectivity index is 2.27. The highest BCUT2D eigenvalue weighted by molar-refractivity contribution is 6.02. The summed E-state index contributed by atoms with van der Waals surface area (Å²) in [5.74, 6) is 0.809. The van der Waals surface area contributed by atoms with Gasteiger partial charge < -0.3 is 10.1 Å². The summed E-state index contributed by atoms with van der Waals surface area (Å²) in [5.41, 5.74) is 1.59. The molecule has 0 unspecified atom stereocenters. The van der Waals surface area contributed by atoms with Gasteiger partial charge in [0.15, 0.2) is 0 Å². The smallest absolute Gasteiger partial charge is 0.224 e. The van der Waals surface area contributed by atoms with Gasteiger partial charge in [0.05, 0.1) is 12.3 Å². The molecule has 0 spiro atoms. The normalized spacial score (nSPS) is 10.6. The van der Waals surface area contributed by atoms with Crippen molar-refractivity contribution >= 4 is 22.5 Å². The molecule has 112 valence electrons. The molecule has 0 aliphatic carbocycles. The van der Waals surface area contributed by atoms with Crippen molar-refractivity contribution in [1.82, 2.24) is 4.98 Å². The van der Waals surface area contributed by atoms with E-state index in [1.54, 1.807) is 6.20 Å². The van der Waals surface area contributed by atoms with E-state index in [4.69, 9.17) is 4.74 Å². The third-order valence-corrected chi connectivity index (χ3v) is 3.23. The van der Waals surface area contributed by atoms with Crippen LogP contribution in [0.2, 0.25) is 0 Å². The van der Waals surface area contributed by atoms with Crippen molar-refractivity contribution in [2.45, 2.75) is 39.5 Å². The van der Waals surface area contributed by atoms with E-state index in [9.17, 15) is 4.79 Å². The lowest BCUT2D eigenvalue weighted by atomic mass is 10.1. The molecule has 2 rings (SSSR count). The van der Waals surface area contributed by atoms with Crippen molar-refractivity contribution in [3.8, 4) is 5.75 Å². The Morgan fingerprint density at radius 2 is 2.10 bits per heavy atom. The van der Waals surface area contributed by atoms with Crippen molar-refractivity contribution in [3.63, 3.8) is 0 Å². The van der Waals surface area contributed by atoms with Crippen molar-refractivity contribution in [1.29, 1.82) is 0 Å². The van der Waals surface area contributed by atoms with E-state index in [-0.39, 0.29) is 5.91 Å². The highest BCUT2D eigenvalue weighted by atomic mass is 16.5. The van der Waals surface area contributed by atoms with Crippen LogP contribution in [-0.2, 0) is 4.79 Å². The van der Waals surface area contributed by atoms with E-state index >= 15 is 0 Å². The number of pyridine rings is 1. The highest BCUT2D eigenvalue weighted by Crippen LogP contribution is 2.30. The van der Waals surface area contributed by atoms with Crippen LogP contribution in [0.15, 0.2) is 30.5 Å². The van der Waals surface area contributed by atoms with Crippen LogP contribution in [0.5, 0.6) is 5.75 Å². The predicted molar refractivity (Wildman–Crippen MR) is 85.7 cm³/mol. The lowest BCUT2D eigenvalue weighted by Crippen LogP contribution is -2.11. The van der Waals surface area contributed by atoms with E-state index in [0.717, 1.165) is 41.6 Å². The van der Waals surface area contributed by atoms with Gasteiger partial charge in [0.2, 0.25) is 5.91 Å². The first-order valence-electron chi connectivity index (χ1n) is 7.56. The lowest BCUT2D eigenvalue weighted by molar-refractivity contribution is -0.116. The van der Waals surface area contributed by atoms with Gasteiger partial charge in [-0.3, -0.25) is 9.78 Å². The molecule has 4 nitrogen and oxygen atoms in total. The largest absolute Gasteiger partial charge is 0.491 e. The van der Waals surface area contributed by atoms with E-state index < -0.39 is 0 Å². The molecule has 1 aromatic heterocycles. The molecule has 2 aromatic rings. The minimum Gasteiger partial charge on any atom is -0.491 e. The second-order valence-corrected chi connectivity index (χ2v) is 5.01. The summed E-state index contributed by atoms with van der Waals surface area (Å²) in [4.78, 5) is 16.3. The molecular formula is C17H22N2O2. The SMILES string of the molecule is CCCCC(=O)Nc1ccc(OCCC)c2ncccc12. The second kappa shape index (κ2) is 7.62. The minimum atomic E-state index is 0.0456. The molecule has 0 fully saturated rings. The zero-order valence-corrected chi connectivity index (χ0v) is 12.7. The van der Waals surface area contributed by atoms with Crippen molar-refractivity contribution in [2.24, 2.45) is 0 Å². The third kappa shape index (κ3) is 3.94. The first-order chi connectivity index (χ1) is 10.3. The van der Waals surface area contributed by atoms with Crippen LogP contribution in [0.4, 0.5) is 5.69 Å². The Morgan fingerprint density at radius 1 is 1.24 bits per heavy atom. The Morgan fingerprint density at radius 3 is 2.86 bits per heavy atom. The summed E-state index contributed by atoms with van der Waals surface area (Å²) >= 11 is 0. The molecule has 0 saturated heterocycles. The number of carbonyl (C=O) groups is 1. The van der Waals surface area contributed by atoms with Gasteiger partial charge in [-0.2, -0.15) is 0 Å². The van der Waals surface area contributed by atoms with E-state index in [0.29, 0.717) is 13.0 Å². The zero-order valence-electron chi connectivity index (χ0n) is 12.7. The summed E-state index contributed by atoms with van der Waals surface area (Å²) in [6, 6.07) is 7.59. The zero-order chi connectivity index (χ0) is 15.1. The number of hydrogen-bond donors (Lipinski definition) is 1. The topological polar surface area (TPSA) is 51.2 Å². The van der Waals surface area contributed by atoms with Gasteiger partial charge in [-0.15, -0.1) is 0 Å². The molecule has 1 amide bonds. The molecule has 4 heteroatoms. The van der Waals surface area contributed by atoms with Crippen molar-refractivity contribution < 1.29 is 9.53 Å². The Bertz CT molecular complexity index is 611. The number of amides is 1. The molecule has 0 radical (unpaired) electrons. The molecule has 1 N–H and O–H groups in total. The predicted octanol–water partition coefficient (Wildman–Crippen LogP) is 4.15. The molecule has 0 aliphatic heterocycles. The first kappa shape index (κ1) is 15.3. The van der Waals surface area contributed by atoms with E-state index in [1.807, 2.05) is 24.3 Å². The van der Waals surface area contributed by atoms with Gasteiger partial charge in [-0.25, -0.2) is 0 Å². The fraction of sp³-hybridized carbons (Fsp3) is 0.412. The number of nitrogens with one attached hydrogen (secondary N) is 1. The van der Waals surface area contributed by atoms with Crippen LogP contribution >= 0.6 is 0 Å². The van der Waals surface area contributed by atoms with Crippen LogP contribution in [0, 0.1) is 0 Å². The number of hydrogen-bond acceptors (Lipinski definition) is 3. The fourth-order valence-electron chi connectivity index (χ4n) is 2.13. The molecule has 0 saturated carbocycles. The second-order valence-electron chi connectivity index (χ2n) is 5.01. The van der Waals surface area contributed by atoms with Gasteiger partial charge in [0, 0.05) is 18.0 Å². The standard InChI is InChI=1S/C17H22N2O2/c1-3-5-8-16(20)19-14-9-10-15(21-12-4-2)17-13(14)7-6-11-18-17/h6-7,9-11H,3-5,8,12H2,1-2H3,(H,19,20). The van der Waals surface area contributed by atoms with Gasteiger partial charge in [-0.1, -0.05) is 20.3 Å². The molecule has 1 heterocycles. The average molecular weight is 286 g/mol. The average Bonchev–Trinajstić information content (AvgIpc) is 2.52. The number of aromatic nitrogens is 1. The molecule has 0 bridgehead atoms. The van der Waals surface area contributed by atoms with Crippen LogP contribution in [0.25, 0.3) is 10.9 Å². The number of carbonyl (C=O) groups excluding carboxylic acids is 1. The van der Waals surface area contributed by atoms with E-state index in [1.165, 1.54) is 0 Å². The number of fused-ring (bicyclic) bond motifs is 1. The summed E-state index contributed by atoms with van der Waals surface area (Å²) in [7, 11) is 0. The minimum absolute atomic E-state index is 0.0456. The first-order valence-corrected chi connectivity index (χ1v) is 7.56. The summed E-state index contributed by atoms with van der Waals surface area (Å²) in [5, 5.41) is 3.88. The van der Waals surface area contributed by atoms with Gasteiger partial charge in [-0.05, 0) is 37.1 Å². The van der Waals surface area contributed by atoms with Crippen LogP contribution in [0.3, 0.4) is 0 Å². The van der Waals surface area contributed by atoms with Crippen molar-refractivity contribution in [3.05, 3.63) is 30.5 Å². The van der Waals surface area contributed by atoms with Gasteiger partial charge in [0.1, 0.15) is 11.3 Å². The number of unbranched alkanes of at least 4 members (excludes halogenated alkanes) is 1. The fourth-order valence-corrected chi connectivity index (χ4v) is 2.13. The molecule has 1 aromatic carbocycles. The number of nitrogens with zero attached hydrogens (tertiary/aromatic N) is 1. The molecule has 0 aliphatic rings. The maximum absolute atomic E-state index is 11.9. The monoisotopic (exact) mass is 286 g/mol. The highest BCUT2D eigenvalue weighted by Gasteiger charge is 2.10. The van der Waals surface area contributed by atoms with Crippen LogP contribution in [-0.4, -0.2) is 17.5 Å². The number of benzene rings is 1. The van der Waals surface area contributed by atoms with Crippen LogP contribution < -0.4 is 10.1 Å². The number of rotatable bonds is 7. The Kier molecular flexibility index (Phi) is 5.55. The number of ether oxygens (including phenoxy) is 1. The lowest BCUT2D eigenvalue weighted by Gasteiger charge is -2.12. The number of anilines is 1. The van der Waals surface area contributed by atoms with Gasteiger partial charge >= 0.3 is 0 Å². The third-order valence-electron chi connectivity index (χ3n) is 3.23. The molecule has 0 atom stereocenters.